The van der Waals surface area contributed by atoms with Crippen LogP contribution in [0, 0.1) is 17.3 Å². The Bertz CT molecular complexity index is 823. The molecule has 28 heavy (non-hydrogen) atoms. The zero-order valence-corrected chi connectivity index (χ0v) is 16.8. The van der Waals surface area contributed by atoms with Crippen molar-refractivity contribution in [3.05, 3.63) is 58.9 Å². The maximum Gasteiger partial charge on any atom is 0.138 e. The third kappa shape index (κ3) is 6.24. The van der Waals surface area contributed by atoms with Gasteiger partial charge >= 0.3 is 0 Å². The normalized spacial score (nSPS) is 18.9. The van der Waals surface area contributed by atoms with Crippen LogP contribution in [0.5, 0.6) is 5.75 Å². The SMILES string of the molecule is OCCCC#Cc1cncc(OCC2(Cc3cccc(Cl)c3)CCCNC2)c1. The van der Waals surface area contributed by atoms with Crippen LogP contribution in [0.4, 0.5) is 0 Å². The van der Waals surface area contributed by atoms with E-state index in [9.17, 15) is 0 Å². The molecule has 2 aromatic rings. The Morgan fingerprint density at radius 2 is 2.21 bits per heavy atom. The Hall–Kier alpha value is -2.06. The second-order valence-corrected chi connectivity index (χ2v) is 7.85. The molecule has 0 radical (unpaired) electrons. The zero-order valence-electron chi connectivity index (χ0n) is 16.1. The van der Waals surface area contributed by atoms with Crippen molar-refractivity contribution in [2.45, 2.75) is 32.1 Å². The van der Waals surface area contributed by atoms with Gasteiger partial charge < -0.3 is 15.2 Å². The fourth-order valence-electron chi connectivity index (χ4n) is 3.57. The molecule has 0 saturated carbocycles. The van der Waals surface area contributed by atoms with Gasteiger partial charge in [-0.25, -0.2) is 0 Å². The summed E-state index contributed by atoms with van der Waals surface area (Å²) in [5, 5.41) is 13.1. The van der Waals surface area contributed by atoms with Gasteiger partial charge in [0.05, 0.1) is 12.8 Å². The van der Waals surface area contributed by atoms with Crippen molar-refractivity contribution in [2.24, 2.45) is 5.41 Å². The van der Waals surface area contributed by atoms with Crippen LogP contribution in [-0.2, 0) is 6.42 Å². The molecular formula is C23H27ClN2O2. The summed E-state index contributed by atoms with van der Waals surface area (Å²) < 4.78 is 6.18. The van der Waals surface area contributed by atoms with Crippen molar-refractivity contribution < 1.29 is 9.84 Å². The molecule has 1 aromatic heterocycles. The smallest absolute Gasteiger partial charge is 0.138 e. The highest BCUT2D eigenvalue weighted by atomic mass is 35.5. The van der Waals surface area contributed by atoms with Crippen molar-refractivity contribution in [2.75, 3.05) is 26.3 Å². The summed E-state index contributed by atoms with van der Waals surface area (Å²) in [6.45, 7) is 2.76. The van der Waals surface area contributed by atoms with Crippen LogP contribution >= 0.6 is 11.6 Å². The van der Waals surface area contributed by atoms with Gasteiger partial charge in [0.1, 0.15) is 5.75 Å². The molecule has 0 spiro atoms. The van der Waals surface area contributed by atoms with Gasteiger partial charge in [-0.15, -0.1) is 0 Å². The Morgan fingerprint density at radius 1 is 1.29 bits per heavy atom. The number of aromatic nitrogens is 1. The summed E-state index contributed by atoms with van der Waals surface area (Å²) in [6.07, 6.45) is 8.02. The number of benzene rings is 1. The summed E-state index contributed by atoms with van der Waals surface area (Å²) in [7, 11) is 0. The van der Waals surface area contributed by atoms with Gasteiger partial charge in [-0.05, 0) is 56.0 Å². The van der Waals surface area contributed by atoms with Crippen molar-refractivity contribution in [1.82, 2.24) is 10.3 Å². The van der Waals surface area contributed by atoms with Gasteiger partial charge in [0.15, 0.2) is 0 Å². The number of halogens is 1. The van der Waals surface area contributed by atoms with Crippen LogP contribution < -0.4 is 10.1 Å². The highest BCUT2D eigenvalue weighted by Gasteiger charge is 2.33. The van der Waals surface area contributed by atoms with Crippen LogP contribution in [0.3, 0.4) is 0 Å². The van der Waals surface area contributed by atoms with E-state index in [1.54, 1.807) is 12.4 Å². The number of pyridine rings is 1. The van der Waals surface area contributed by atoms with E-state index in [1.807, 2.05) is 24.3 Å². The minimum absolute atomic E-state index is 0.0335. The number of hydrogen-bond acceptors (Lipinski definition) is 4. The van der Waals surface area contributed by atoms with Crippen LogP contribution in [0.15, 0.2) is 42.7 Å². The summed E-state index contributed by atoms with van der Waals surface area (Å²) in [5.74, 6) is 6.88. The van der Waals surface area contributed by atoms with E-state index in [-0.39, 0.29) is 12.0 Å². The number of nitrogens with zero attached hydrogens (tertiary/aromatic N) is 1. The van der Waals surface area contributed by atoms with Crippen molar-refractivity contribution in [3.8, 4) is 17.6 Å². The third-order valence-corrected chi connectivity index (χ3v) is 5.21. The first kappa shape index (κ1) is 20.7. The number of aliphatic hydroxyl groups excluding tert-OH is 1. The lowest BCUT2D eigenvalue weighted by atomic mass is 9.76. The number of unbranched alkanes of at least 4 members (excludes halogenated alkanes) is 1. The molecule has 3 rings (SSSR count). The molecule has 1 unspecified atom stereocenters. The molecule has 1 aliphatic rings. The highest BCUT2D eigenvalue weighted by molar-refractivity contribution is 6.30. The number of rotatable bonds is 7. The first-order valence-corrected chi connectivity index (χ1v) is 10.2. The quantitative estimate of drug-likeness (QED) is 0.549. The molecule has 2 N–H and O–H groups in total. The topological polar surface area (TPSA) is 54.4 Å². The number of piperidine rings is 1. The Kier molecular flexibility index (Phi) is 7.73. The van der Waals surface area contributed by atoms with E-state index in [1.165, 1.54) is 5.56 Å². The first-order chi connectivity index (χ1) is 13.7. The van der Waals surface area contributed by atoms with Gasteiger partial charge in [-0.1, -0.05) is 35.6 Å². The molecule has 1 saturated heterocycles. The molecule has 0 bridgehead atoms. The van der Waals surface area contributed by atoms with Crippen LogP contribution in [0.2, 0.25) is 5.02 Å². The van der Waals surface area contributed by atoms with Gasteiger partial charge in [-0.3, -0.25) is 4.98 Å². The lowest BCUT2D eigenvalue weighted by molar-refractivity contribution is 0.110. The molecule has 1 atom stereocenters. The molecule has 0 amide bonds. The maximum absolute atomic E-state index is 8.83. The first-order valence-electron chi connectivity index (χ1n) is 9.82. The molecule has 1 fully saturated rings. The van der Waals surface area contributed by atoms with Crippen LogP contribution in [0.1, 0.15) is 36.8 Å². The molecule has 4 nitrogen and oxygen atoms in total. The fourth-order valence-corrected chi connectivity index (χ4v) is 3.78. The van der Waals surface area contributed by atoms with E-state index >= 15 is 0 Å². The molecular weight excluding hydrogens is 372 g/mol. The Labute approximate surface area is 172 Å². The van der Waals surface area contributed by atoms with E-state index in [0.717, 1.165) is 48.7 Å². The second kappa shape index (κ2) is 10.5. The van der Waals surface area contributed by atoms with Crippen LogP contribution in [0.25, 0.3) is 0 Å². The molecule has 0 aliphatic carbocycles. The summed E-state index contributed by atoms with van der Waals surface area (Å²) in [6, 6.07) is 10.0. The number of hydrogen-bond donors (Lipinski definition) is 2. The van der Waals surface area contributed by atoms with E-state index in [4.69, 9.17) is 21.4 Å². The Morgan fingerprint density at radius 3 is 3.00 bits per heavy atom. The molecule has 1 aliphatic heterocycles. The van der Waals surface area contributed by atoms with E-state index < -0.39 is 0 Å². The summed E-state index contributed by atoms with van der Waals surface area (Å²) in [5.41, 5.74) is 2.11. The second-order valence-electron chi connectivity index (χ2n) is 7.41. The molecule has 148 valence electrons. The van der Waals surface area contributed by atoms with Gasteiger partial charge in [-0.2, -0.15) is 0 Å². The Balaban J connectivity index is 1.67. The average Bonchev–Trinajstić information content (AvgIpc) is 2.71. The average molecular weight is 399 g/mol. The van der Waals surface area contributed by atoms with Crippen molar-refractivity contribution in [3.63, 3.8) is 0 Å². The minimum atomic E-state index is 0.0335. The number of nitrogens with one attached hydrogen (secondary N) is 1. The lowest BCUT2D eigenvalue weighted by Crippen LogP contribution is -2.45. The van der Waals surface area contributed by atoms with Crippen molar-refractivity contribution in [1.29, 1.82) is 0 Å². The molecule has 2 heterocycles. The highest BCUT2D eigenvalue weighted by Crippen LogP contribution is 2.32. The van der Waals surface area contributed by atoms with E-state index in [2.05, 4.69) is 28.2 Å². The number of ether oxygens (including phenoxy) is 1. The standard InChI is InChI=1S/C23H27ClN2O2/c24-21-8-4-7-19(12-21)14-23(9-5-10-25-17-23)18-28-22-13-20(15-26-16-22)6-2-1-3-11-27/h4,7-8,12-13,15-16,25,27H,1,3,5,9-11,14,17-18H2. The number of aliphatic hydroxyl groups is 1. The summed E-state index contributed by atoms with van der Waals surface area (Å²) >= 11 is 6.18. The predicted octanol–water partition coefficient (Wildman–Crippen LogP) is 3.85. The third-order valence-electron chi connectivity index (χ3n) is 4.98. The molecule has 5 heteroatoms. The fraction of sp³-hybridized carbons (Fsp3) is 0.435. The van der Waals surface area contributed by atoms with Gasteiger partial charge in [0, 0.05) is 41.8 Å². The predicted molar refractivity (Wildman–Crippen MR) is 113 cm³/mol. The largest absolute Gasteiger partial charge is 0.491 e. The van der Waals surface area contributed by atoms with Crippen molar-refractivity contribution >= 4 is 11.6 Å². The minimum Gasteiger partial charge on any atom is -0.491 e. The maximum atomic E-state index is 8.83. The van der Waals surface area contributed by atoms with Gasteiger partial charge in [0.25, 0.3) is 0 Å². The molecule has 1 aromatic carbocycles. The van der Waals surface area contributed by atoms with Crippen LogP contribution in [-0.4, -0.2) is 36.4 Å². The van der Waals surface area contributed by atoms with E-state index in [0.29, 0.717) is 19.4 Å². The summed E-state index contributed by atoms with van der Waals surface area (Å²) in [4.78, 5) is 4.26. The monoisotopic (exact) mass is 398 g/mol. The van der Waals surface area contributed by atoms with Gasteiger partial charge in [0.2, 0.25) is 0 Å². The zero-order chi connectivity index (χ0) is 19.7. The lowest BCUT2D eigenvalue weighted by Gasteiger charge is -2.37.